The summed E-state index contributed by atoms with van der Waals surface area (Å²) in [6.07, 6.45) is 0. The highest BCUT2D eigenvalue weighted by Crippen LogP contribution is 2.24. The molecule has 1 rings (SSSR count). The first kappa shape index (κ1) is 17.6. The molecule has 0 amide bonds. The minimum atomic E-state index is -3.98. The van der Waals surface area contributed by atoms with Gasteiger partial charge < -0.3 is 15.3 Å². The fraction of sp³-hybridized carbons (Fsp3) is 0.462. The molecule has 0 radical (unpaired) electrons. The summed E-state index contributed by atoms with van der Waals surface area (Å²) < 4.78 is 26.1. The summed E-state index contributed by atoms with van der Waals surface area (Å²) in [6, 6.07) is 2.50. The van der Waals surface area contributed by atoms with E-state index in [4.69, 9.17) is 15.3 Å². The number of hydrogen-bond donors (Lipinski definition) is 3. The molecule has 0 bridgehead atoms. The monoisotopic (exact) mass is 317 g/mol. The fourth-order valence-corrected chi connectivity index (χ4v) is 3.68. The van der Waals surface area contributed by atoms with Crippen LogP contribution in [-0.4, -0.2) is 60.3 Å². The molecule has 118 valence electrons. The van der Waals surface area contributed by atoms with Crippen LogP contribution in [-0.2, 0) is 10.0 Å². The normalized spacial score (nSPS) is 11.9. The number of nitrogens with zero attached hydrogens (tertiary/aromatic N) is 1. The van der Waals surface area contributed by atoms with Crippen molar-refractivity contribution in [2.75, 3.05) is 26.3 Å². The number of aromatic carboxylic acids is 1. The maximum absolute atomic E-state index is 12.6. The van der Waals surface area contributed by atoms with Gasteiger partial charge in [-0.25, -0.2) is 13.2 Å². The van der Waals surface area contributed by atoms with Crippen LogP contribution in [0.15, 0.2) is 17.0 Å². The Hall–Kier alpha value is -1.48. The quantitative estimate of drug-likeness (QED) is 0.651. The molecule has 0 fully saturated rings. The van der Waals surface area contributed by atoms with Crippen molar-refractivity contribution in [3.63, 3.8) is 0 Å². The smallest absolute Gasteiger partial charge is 0.335 e. The van der Waals surface area contributed by atoms with Crippen molar-refractivity contribution in [1.82, 2.24) is 4.31 Å². The number of carbonyl (C=O) groups is 1. The summed E-state index contributed by atoms with van der Waals surface area (Å²) >= 11 is 0. The van der Waals surface area contributed by atoms with Crippen LogP contribution < -0.4 is 0 Å². The minimum Gasteiger partial charge on any atom is -0.478 e. The van der Waals surface area contributed by atoms with Crippen LogP contribution in [0.1, 0.15) is 21.5 Å². The molecular weight excluding hydrogens is 298 g/mol. The first-order valence-corrected chi connectivity index (χ1v) is 7.76. The second-order valence-corrected chi connectivity index (χ2v) is 6.48. The molecule has 0 saturated carbocycles. The van der Waals surface area contributed by atoms with Crippen LogP contribution in [0.3, 0.4) is 0 Å². The number of carboxylic acids is 1. The largest absolute Gasteiger partial charge is 0.478 e. The number of benzene rings is 1. The van der Waals surface area contributed by atoms with Gasteiger partial charge in [-0.3, -0.25) is 0 Å². The summed E-state index contributed by atoms with van der Waals surface area (Å²) in [7, 11) is -3.98. The zero-order chi connectivity index (χ0) is 16.2. The number of carboxylic acid groups (broad SMARTS) is 1. The molecule has 0 aliphatic carbocycles. The average molecular weight is 317 g/mol. The summed E-state index contributed by atoms with van der Waals surface area (Å²) in [5.74, 6) is -1.22. The van der Waals surface area contributed by atoms with E-state index in [2.05, 4.69) is 0 Å². The van der Waals surface area contributed by atoms with E-state index in [1.165, 1.54) is 6.07 Å². The Balaban J connectivity index is 3.45. The Bertz CT molecular complexity index is 620. The van der Waals surface area contributed by atoms with E-state index in [-0.39, 0.29) is 23.5 Å². The van der Waals surface area contributed by atoms with Gasteiger partial charge >= 0.3 is 5.97 Å². The maximum Gasteiger partial charge on any atom is 0.335 e. The highest BCUT2D eigenvalue weighted by Gasteiger charge is 2.27. The Labute approximate surface area is 123 Å². The predicted molar refractivity (Wildman–Crippen MR) is 75.8 cm³/mol. The molecule has 1 aromatic carbocycles. The zero-order valence-electron chi connectivity index (χ0n) is 11.9. The van der Waals surface area contributed by atoms with E-state index in [1.54, 1.807) is 13.8 Å². The highest BCUT2D eigenvalue weighted by atomic mass is 32.2. The molecule has 8 heteroatoms. The van der Waals surface area contributed by atoms with E-state index in [0.717, 1.165) is 10.4 Å². The maximum atomic E-state index is 12.6. The molecule has 0 heterocycles. The van der Waals surface area contributed by atoms with Gasteiger partial charge in [-0.2, -0.15) is 4.31 Å². The van der Waals surface area contributed by atoms with E-state index in [1.807, 2.05) is 0 Å². The van der Waals surface area contributed by atoms with E-state index < -0.39 is 29.2 Å². The summed E-state index contributed by atoms with van der Waals surface area (Å²) in [5, 5.41) is 27.0. The molecule has 21 heavy (non-hydrogen) atoms. The van der Waals surface area contributed by atoms with Gasteiger partial charge in [0.1, 0.15) is 0 Å². The Kier molecular flexibility index (Phi) is 5.85. The molecule has 0 saturated heterocycles. The van der Waals surface area contributed by atoms with Crippen LogP contribution >= 0.6 is 0 Å². The van der Waals surface area contributed by atoms with Crippen LogP contribution in [0.4, 0.5) is 0 Å². The van der Waals surface area contributed by atoms with Gasteiger partial charge in [0.05, 0.1) is 23.7 Å². The number of aliphatic hydroxyl groups is 2. The minimum absolute atomic E-state index is 0.121. The van der Waals surface area contributed by atoms with Crippen molar-refractivity contribution < 1.29 is 28.5 Å². The van der Waals surface area contributed by atoms with Gasteiger partial charge in [0.25, 0.3) is 0 Å². The van der Waals surface area contributed by atoms with Crippen molar-refractivity contribution >= 4 is 16.0 Å². The number of rotatable bonds is 7. The van der Waals surface area contributed by atoms with Gasteiger partial charge in [-0.1, -0.05) is 0 Å². The molecular formula is C13H19NO6S. The predicted octanol–water partition coefficient (Wildman–Crippen LogP) is -0.0231. The first-order chi connectivity index (χ1) is 9.75. The molecule has 1 aromatic rings. The highest BCUT2D eigenvalue weighted by molar-refractivity contribution is 7.89. The lowest BCUT2D eigenvalue weighted by atomic mass is 10.1. The number of hydrogen-bond acceptors (Lipinski definition) is 5. The van der Waals surface area contributed by atoms with Gasteiger partial charge in [0.2, 0.25) is 10.0 Å². The number of aryl methyl sites for hydroxylation is 1. The Morgan fingerprint density at radius 3 is 2.10 bits per heavy atom. The van der Waals surface area contributed by atoms with Crippen LogP contribution in [0.2, 0.25) is 0 Å². The zero-order valence-corrected chi connectivity index (χ0v) is 12.7. The molecule has 3 N–H and O–H groups in total. The second kappa shape index (κ2) is 6.99. The molecule has 0 spiro atoms. The molecule has 7 nitrogen and oxygen atoms in total. The van der Waals surface area contributed by atoms with Crippen molar-refractivity contribution in [3.8, 4) is 0 Å². The Morgan fingerprint density at radius 2 is 1.67 bits per heavy atom. The van der Waals surface area contributed by atoms with Gasteiger partial charge in [-0.15, -0.1) is 0 Å². The molecule has 0 atom stereocenters. The summed E-state index contributed by atoms with van der Waals surface area (Å²) in [6.45, 7) is 2.09. The van der Waals surface area contributed by atoms with Gasteiger partial charge in [0, 0.05) is 13.1 Å². The Morgan fingerprint density at radius 1 is 1.14 bits per heavy atom. The van der Waals surface area contributed by atoms with Crippen molar-refractivity contribution in [1.29, 1.82) is 0 Å². The standard InChI is InChI=1S/C13H19NO6S/c1-9-7-11(13(17)18)8-12(10(9)2)21(19,20)14(3-5-15)4-6-16/h7-8,15-16H,3-6H2,1-2H3,(H,17,18). The van der Waals surface area contributed by atoms with Crippen LogP contribution in [0.5, 0.6) is 0 Å². The average Bonchev–Trinajstić information content (AvgIpc) is 2.40. The van der Waals surface area contributed by atoms with E-state index >= 15 is 0 Å². The van der Waals surface area contributed by atoms with E-state index in [0.29, 0.717) is 11.1 Å². The fourth-order valence-electron chi connectivity index (χ4n) is 1.93. The van der Waals surface area contributed by atoms with Crippen molar-refractivity contribution in [2.24, 2.45) is 0 Å². The van der Waals surface area contributed by atoms with Crippen molar-refractivity contribution in [3.05, 3.63) is 28.8 Å². The molecule has 0 unspecified atom stereocenters. The SMILES string of the molecule is Cc1cc(C(=O)O)cc(S(=O)(=O)N(CCO)CCO)c1C. The third kappa shape index (κ3) is 3.79. The number of aliphatic hydroxyl groups excluding tert-OH is 2. The van der Waals surface area contributed by atoms with Crippen LogP contribution in [0, 0.1) is 13.8 Å². The van der Waals surface area contributed by atoms with Gasteiger partial charge in [-0.05, 0) is 37.1 Å². The third-order valence-electron chi connectivity index (χ3n) is 3.18. The summed E-state index contributed by atoms with van der Waals surface area (Å²) in [5.41, 5.74) is 0.868. The molecule has 0 aromatic heterocycles. The lowest BCUT2D eigenvalue weighted by Crippen LogP contribution is -2.36. The van der Waals surface area contributed by atoms with Gasteiger partial charge in [0.15, 0.2) is 0 Å². The first-order valence-electron chi connectivity index (χ1n) is 6.32. The number of sulfonamides is 1. The van der Waals surface area contributed by atoms with Crippen LogP contribution in [0.25, 0.3) is 0 Å². The van der Waals surface area contributed by atoms with Crippen molar-refractivity contribution in [2.45, 2.75) is 18.7 Å². The third-order valence-corrected chi connectivity index (χ3v) is 5.21. The summed E-state index contributed by atoms with van der Waals surface area (Å²) in [4.78, 5) is 11.0. The second-order valence-electron chi connectivity index (χ2n) is 4.57. The topological polar surface area (TPSA) is 115 Å². The lowest BCUT2D eigenvalue weighted by Gasteiger charge is -2.22. The lowest BCUT2D eigenvalue weighted by molar-refractivity contribution is 0.0696. The molecule has 0 aliphatic rings. The molecule has 0 aliphatic heterocycles. The van der Waals surface area contributed by atoms with E-state index in [9.17, 15) is 13.2 Å².